The first-order valence-electron chi connectivity index (χ1n) is 9.32. The summed E-state index contributed by atoms with van der Waals surface area (Å²) in [6.45, 7) is 3.76. The molecule has 28 heavy (non-hydrogen) atoms. The van der Waals surface area contributed by atoms with E-state index >= 15 is 0 Å². The van der Waals surface area contributed by atoms with Crippen LogP contribution in [0.1, 0.15) is 10.4 Å². The minimum absolute atomic E-state index is 0.0504. The molecular formula is C21H26N4O3. The van der Waals surface area contributed by atoms with Gasteiger partial charge in [-0.2, -0.15) is 0 Å². The number of amides is 2. The maximum atomic E-state index is 12.3. The molecule has 148 valence electrons. The molecule has 0 atom stereocenters. The fourth-order valence-electron chi connectivity index (χ4n) is 3.21. The summed E-state index contributed by atoms with van der Waals surface area (Å²) in [6, 6.07) is 14.9. The van der Waals surface area contributed by atoms with E-state index in [0.29, 0.717) is 17.8 Å². The molecular weight excluding hydrogens is 356 g/mol. The minimum atomic E-state index is -0.146. The second-order valence-electron chi connectivity index (χ2n) is 6.67. The van der Waals surface area contributed by atoms with E-state index in [2.05, 4.69) is 32.6 Å². The summed E-state index contributed by atoms with van der Waals surface area (Å²) >= 11 is 0. The number of hydrogen-bond acceptors (Lipinski definition) is 5. The molecule has 0 bridgehead atoms. The van der Waals surface area contributed by atoms with Gasteiger partial charge >= 0.3 is 0 Å². The molecule has 1 heterocycles. The molecule has 0 unspecified atom stereocenters. The third-order valence-corrected chi connectivity index (χ3v) is 4.83. The molecule has 3 rings (SSSR count). The minimum Gasteiger partial charge on any atom is -0.497 e. The van der Waals surface area contributed by atoms with Crippen LogP contribution in [-0.4, -0.2) is 63.6 Å². The summed E-state index contributed by atoms with van der Waals surface area (Å²) in [7, 11) is 3.25. The van der Waals surface area contributed by atoms with Crippen LogP contribution in [0.4, 0.5) is 11.4 Å². The Morgan fingerprint density at radius 2 is 1.61 bits per heavy atom. The maximum absolute atomic E-state index is 12.3. The van der Waals surface area contributed by atoms with Gasteiger partial charge in [0.15, 0.2) is 0 Å². The average Bonchev–Trinajstić information content (AvgIpc) is 2.74. The van der Waals surface area contributed by atoms with E-state index in [4.69, 9.17) is 4.74 Å². The number of nitrogens with zero attached hydrogens (tertiary/aromatic N) is 2. The van der Waals surface area contributed by atoms with Crippen LogP contribution in [0.3, 0.4) is 0 Å². The second-order valence-corrected chi connectivity index (χ2v) is 6.67. The van der Waals surface area contributed by atoms with Crippen LogP contribution in [0, 0.1) is 0 Å². The predicted octanol–water partition coefficient (Wildman–Crippen LogP) is 1.82. The number of carbonyl (C=O) groups is 2. The lowest BCUT2D eigenvalue weighted by molar-refractivity contribution is -0.117. The van der Waals surface area contributed by atoms with E-state index in [1.54, 1.807) is 38.4 Å². The smallest absolute Gasteiger partial charge is 0.251 e. The second kappa shape index (κ2) is 9.23. The Morgan fingerprint density at radius 1 is 0.964 bits per heavy atom. The largest absolute Gasteiger partial charge is 0.497 e. The normalized spacial score (nSPS) is 14.4. The van der Waals surface area contributed by atoms with Crippen molar-refractivity contribution in [3.63, 3.8) is 0 Å². The van der Waals surface area contributed by atoms with Crippen molar-refractivity contribution < 1.29 is 14.3 Å². The molecule has 0 radical (unpaired) electrons. The first-order chi connectivity index (χ1) is 13.6. The molecule has 7 heteroatoms. The predicted molar refractivity (Wildman–Crippen MR) is 110 cm³/mol. The Labute approximate surface area is 165 Å². The van der Waals surface area contributed by atoms with Gasteiger partial charge in [-0.05, 0) is 48.5 Å². The van der Waals surface area contributed by atoms with Crippen LogP contribution in [-0.2, 0) is 4.79 Å². The van der Waals surface area contributed by atoms with Gasteiger partial charge in [0.25, 0.3) is 5.91 Å². The molecule has 0 spiro atoms. The Hall–Kier alpha value is -3.06. The van der Waals surface area contributed by atoms with E-state index in [1.165, 1.54) is 5.69 Å². The summed E-state index contributed by atoms with van der Waals surface area (Å²) < 4.78 is 5.20. The van der Waals surface area contributed by atoms with Crippen LogP contribution in [0.25, 0.3) is 0 Å². The van der Waals surface area contributed by atoms with Crippen molar-refractivity contribution >= 4 is 23.2 Å². The summed E-state index contributed by atoms with van der Waals surface area (Å²) in [5.41, 5.74) is 2.42. The van der Waals surface area contributed by atoms with Gasteiger partial charge in [0.05, 0.1) is 13.7 Å². The standard InChI is InChI=1S/C21H26N4O3/c1-22-21(27)16-3-5-17(6-4-16)23-20(26)15-24-11-13-25(14-12-24)18-7-9-19(28-2)10-8-18/h3-10H,11-15H2,1-2H3,(H,22,27)(H,23,26). The number of methoxy groups -OCH3 is 1. The van der Waals surface area contributed by atoms with Gasteiger partial charge in [0, 0.05) is 50.2 Å². The van der Waals surface area contributed by atoms with Crippen LogP contribution < -0.4 is 20.3 Å². The average molecular weight is 382 g/mol. The van der Waals surface area contributed by atoms with E-state index in [0.717, 1.165) is 31.9 Å². The highest BCUT2D eigenvalue weighted by Crippen LogP contribution is 2.20. The lowest BCUT2D eigenvalue weighted by atomic mass is 10.2. The van der Waals surface area contributed by atoms with E-state index in [-0.39, 0.29) is 11.8 Å². The molecule has 2 aromatic rings. The van der Waals surface area contributed by atoms with Crippen LogP contribution in [0.15, 0.2) is 48.5 Å². The van der Waals surface area contributed by atoms with Gasteiger partial charge < -0.3 is 20.3 Å². The quantitative estimate of drug-likeness (QED) is 0.797. The molecule has 1 aliphatic rings. The fraction of sp³-hybridized carbons (Fsp3) is 0.333. The monoisotopic (exact) mass is 382 g/mol. The molecule has 7 nitrogen and oxygen atoms in total. The number of ether oxygens (including phenoxy) is 1. The van der Waals surface area contributed by atoms with Crippen molar-refractivity contribution in [2.75, 3.05) is 57.1 Å². The van der Waals surface area contributed by atoms with Gasteiger partial charge in [0.1, 0.15) is 5.75 Å². The Balaban J connectivity index is 1.46. The number of rotatable bonds is 6. The number of anilines is 2. The van der Waals surface area contributed by atoms with E-state index in [1.807, 2.05) is 12.1 Å². The Bertz CT molecular complexity index is 797. The van der Waals surface area contributed by atoms with E-state index < -0.39 is 0 Å². The summed E-state index contributed by atoms with van der Waals surface area (Å²) in [4.78, 5) is 28.3. The first-order valence-corrected chi connectivity index (χ1v) is 9.32. The highest BCUT2D eigenvalue weighted by Gasteiger charge is 2.19. The lowest BCUT2D eigenvalue weighted by Gasteiger charge is -2.35. The number of piperazine rings is 1. The molecule has 1 saturated heterocycles. The molecule has 2 amide bonds. The fourth-order valence-corrected chi connectivity index (χ4v) is 3.21. The van der Waals surface area contributed by atoms with Crippen LogP contribution in [0.5, 0.6) is 5.75 Å². The summed E-state index contributed by atoms with van der Waals surface area (Å²) in [5.74, 6) is 0.653. The van der Waals surface area contributed by atoms with Crippen molar-refractivity contribution in [3.8, 4) is 5.75 Å². The number of nitrogens with one attached hydrogen (secondary N) is 2. The van der Waals surface area contributed by atoms with Crippen molar-refractivity contribution in [1.29, 1.82) is 0 Å². The summed E-state index contributed by atoms with van der Waals surface area (Å²) in [6.07, 6.45) is 0. The highest BCUT2D eigenvalue weighted by molar-refractivity contribution is 5.96. The van der Waals surface area contributed by atoms with Crippen LogP contribution in [0.2, 0.25) is 0 Å². The van der Waals surface area contributed by atoms with Gasteiger partial charge in [-0.15, -0.1) is 0 Å². The molecule has 0 aromatic heterocycles. The highest BCUT2D eigenvalue weighted by atomic mass is 16.5. The van der Waals surface area contributed by atoms with Gasteiger partial charge in [0.2, 0.25) is 5.91 Å². The Kier molecular flexibility index (Phi) is 6.49. The maximum Gasteiger partial charge on any atom is 0.251 e. The topological polar surface area (TPSA) is 73.9 Å². The first kappa shape index (κ1) is 19.7. The molecule has 2 N–H and O–H groups in total. The lowest BCUT2D eigenvalue weighted by Crippen LogP contribution is -2.48. The molecule has 1 fully saturated rings. The van der Waals surface area contributed by atoms with E-state index in [9.17, 15) is 9.59 Å². The van der Waals surface area contributed by atoms with Gasteiger partial charge in [-0.25, -0.2) is 0 Å². The number of hydrogen-bond donors (Lipinski definition) is 2. The third kappa shape index (κ3) is 5.01. The van der Waals surface area contributed by atoms with Crippen molar-refractivity contribution in [1.82, 2.24) is 10.2 Å². The zero-order chi connectivity index (χ0) is 19.9. The van der Waals surface area contributed by atoms with Gasteiger partial charge in [-0.1, -0.05) is 0 Å². The van der Waals surface area contributed by atoms with Gasteiger partial charge in [-0.3, -0.25) is 14.5 Å². The zero-order valence-corrected chi connectivity index (χ0v) is 16.3. The number of benzene rings is 2. The molecule has 1 aliphatic heterocycles. The van der Waals surface area contributed by atoms with Crippen molar-refractivity contribution in [2.24, 2.45) is 0 Å². The summed E-state index contributed by atoms with van der Waals surface area (Å²) in [5, 5.41) is 5.46. The molecule has 0 saturated carbocycles. The number of carbonyl (C=O) groups excluding carboxylic acids is 2. The van der Waals surface area contributed by atoms with Crippen LogP contribution >= 0.6 is 0 Å². The Morgan fingerprint density at radius 3 is 2.18 bits per heavy atom. The third-order valence-electron chi connectivity index (χ3n) is 4.83. The van der Waals surface area contributed by atoms with Crippen molar-refractivity contribution in [3.05, 3.63) is 54.1 Å². The SMILES string of the molecule is CNC(=O)c1ccc(NC(=O)CN2CCN(c3ccc(OC)cc3)CC2)cc1. The molecule has 0 aliphatic carbocycles. The molecule has 2 aromatic carbocycles. The van der Waals surface area contributed by atoms with Crippen molar-refractivity contribution in [2.45, 2.75) is 0 Å². The zero-order valence-electron chi connectivity index (χ0n) is 16.3.